The molecule has 4 rings (SSSR count). The maximum Gasteiger partial charge on any atom is 0.229 e. The third-order valence-corrected chi connectivity index (χ3v) is 5.30. The van der Waals surface area contributed by atoms with E-state index in [2.05, 4.69) is 0 Å². The summed E-state index contributed by atoms with van der Waals surface area (Å²) in [5.74, 6) is 2.32. The zero-order valence-corrected chi connectivity index (χ0v) is 17.8. The highest BCUT2D eigenvalue weighted by atomic mass is 32.2. The van der Waals surface area contributed by atoms with Gasteiger partial charge >= 0.3 is 0 Å². The SMILES string of the molecule is Nc1cccc(Oc2ccc(N(c3ccc(Oc4cccc(N)c4)cc3)[SH](=O)=O)cc2)c1. The lowest BCUT2D eigenvalue weighted by Gasteiger charge is -2.18. The van der Waals surface area contributed by atoms with Gasteiger partial charge in [0.25, 0.3) is 0 Å². The summed E-state index contributed by atoms with van der Waals surface area (Å²) in [6.45, 7) is 0. The lowest BCUT2D eigenvalue weighted by atomic mass is 10.2. The molecule has 0 heterocycles. The van der Waals surface area contributed by atoms with Crippen LogP contribution in [0.3, 0.4) is 0 Å². The number of hydrogen-bond donors (Lipinski definition) is 3. The van der Waals surface area contributed by atoms with E-state index < -0.39 is 10.9 Å². The Hall–Kier alpha value is -4.17. The van der Waals surface area contributed by atoms with Crippen molar-refractivity contribution in [3.63, 3.8) is 0 Å². The Labute approximate surface area is 187 Å². The zero-order valence-electron chi connectivity index (χ0n) is 16.9. The van der Waals surface area contributed by atoms with Crippen LogP contribution < -0.4 is 25.2 Å². The first kappa shape index (κ1) is 21.1. The summed E-state index contributed by atoms with van der Waals surface area (Å²) in [6, 6.07) is 27.6. The monoisotopic (exact) mass is 447 g/mol. The molecule has 0 radical (unpaired) electrons. The van der Waals surface area contributed by atoms with Crippen molar-refractivity contribution in [1.82, 2.24) is 0 Å². The van der Waals surface area contributed by atoms with Gasteiger partial charge in [-0.25, -0.2) is 12.7 Å². The summed E-state index contributed by atoms with van der Waals surface area (Å²) in [4.78, 5) is 0. The second kappa shape index (κ2) is 9.32. The maximum absolute atomic E-state index is 12.0. The molecule has 0 bridgehead atoms. The van der Waals surface area contributed by atoms with Gasteiger partial charge in [-0.1, -0.05) is 12.1 Å². The summed E-state index contributed by atoms with van der Waals surface area (Å²) < 4.78 is 36.7. The van der Waals surface area contributed by atoms with Crippen molar-refractivity contribution in [1.29, 1.82) is 0 Å². The lowest BCUT2D eigenvalue weighted by Crippen LogP contribution is -2.14. The Kier molecular flexibility index (Phi) is 6.14. The lowest BCUT2D eigenvalue weighted by molar-refractivity contribution is 0.483. The minimum atomic E-state index is -2.92. The molecule has 32 heavy (non-hydrogen) atoms. The number of anilines is 4. The maximum atomic E-state index is 12.0. The molecule has 0 aliphatic rings. The van der Waals surface area contributed by atoms with Crippen LogP contribution >= 0.6 is 0 Å². The molecular formula is C24H21N3O4S. The van der Waals surface area contributed by atoms with Crippen molar-refractivity contribution in [2.75, 3.05) is 15.8 Å². The summed E-state index contributed by atoms with van der Waals surface area (Å²) in [6.07, 6.45) is 0. The van der Waals surface area contributed by atoms with Crippen LogP contribution in [0.5, 0.6) is 23.0 Å². The van der Waals surface area contributed by atoms with Gasteiger partial charge in [0, 0.05) is 23.5 Å². The molecule has 4 N–H and O–H groups in total. The number of ether oxygens (including phenoxy) is 2. The molecule has 8 heteroatoms. The highest BCUT2D eigenvalue weighted by molar-refractivity contribution is 7.74. The first-order valence-corrected chi connectivity index (χ1v) is 10.8. The summed E-state index contributed by atoms with van der Waals surface area (Å²) in [7, 11) is -2.92. The second-order valence-corrected chi connectivity index (χ2v) is 7.76. The Morgan fingerprint density at radius 2 is 0.969 bits per heavy atom. The average Bonchev–Trinajstić information content (AvgIpc) is 2.76. The van der Waals surface area contributed by atoms with Crippen LogP contribution in [0.25, 0.3) is 0 Å². The molecule has 7 nitrogen and oxygen atoms in total. The Morgan fingerprint density at radius 3 is 1.31 bits per heavy atom. The van der Waals surface area contributed by atoms with Gasteiger partial charge in [-0.2, -0.15) is 0 Å². The number of nitrogens with two attached hydrogens (primary N) is 2. The van der Waals surface area contributed by atoms with E-state index in [1.807, 2.05) is 0 Å². The van der Waals surface area contributed by atoms with E-state index >= 15 is 0 Å². The van der Waals surface area contributed by atoms with Gasteiger partial charge in [0.05, 0.1) is 11.4 Å². The van der Waals surface area contributed by atoms with Gasteiger partial charge in [-0.15, -0.1) is 0 Å². The van der Waals surface area contributed by atoms with E-state index in [0.29, 0.717) is 45.7 Å². The molecule has 0 aliphatic heterocycles. The van der Waals surface area contributed by atoms with Gasteiger partial charge in [-0.3, -0.25) is 0 Å². The van der Waals surface area contributed by atoms with Gasteiger partial charge in [-0.05, 0) is 72.8 Å². The first-order chi connectivity index (χ1) is 15.5. The quantitative estimate of drug-likeness (QED) is 0.269. The van der Waals surface area contributed by atoms with Crippen molar-refractivity contribution in [3.05, 3.63) is 97.1 Å². The van der Waals surface area contributed by atoms with Crippen molar-refractivity contribution < 1.29 is 17.9 Å². The fraction of sp³-hybridized carbons (Fsp3) is 0. The molecule has 0 atom stereocenters. The molecule has 0 aliphatic carbocycles. The van der Waals surface area contributed by atoms with Crippen LogP contribution in [0.15, 0.2) is 97.1 Å². The predicted molar refractivity (Wildman–Crippen MR) is 127 cm³/mol. The third-order valence-electron chi connectivity index (χ3n) is 4.51. The van der Waals surface area contributed by atoms with E-state index in [1.165, 1.54) is 4.31 Å². The minimum Gasteiger partial charge on any atom is -0.457 e. The molecule has 4 aromatic rings. The van der Waals surface area contributed by atoms with Crippen LogP contribution in [0.2, 0.25) is 0 Å². The van der Waals surface area contributed by atoms with Crippen LogP contribution in [-0.2, 0) is 10.9 Å². The average molecular weight is 448 g/mol. The molecular weight excluding hydrogens is 426 g/mol. The largest absolute Gasteiger partial charge is 0.457 e. The topological polar surface area (TPSA) is 108 Å². The van der Waals surface area contributed by atoms with E-state index in [4.69, 9.17) is 20.9 Å². The van der Waals surface area contributed by atoms with Gasteiger partial charge in [0.15, 0.2) is 0 Å². The van der Waals surface area contributed by atoms with Crippen molar-refractivity contribution in [2.24, 2.45) is 0 Å². The number of nitrogens with zero attached hydrogens (tertiary/aromatic N) is 1. The van der Waals surface area contributed by atoms with E-state index in [0.717, 1.165) is 0 Å². The van der Waals surface area contributed by atoms with Crippen LogP contribution in [0.4, 0.5) is 22.7 Å². The predicted octanol–water partition coefficient (Wildman–Crippen LogP) is 5.10. The standard InChI is InChI=1S/C24H21N3O4S/c25-17-3-1-5-23(15-17)30-21-11-7-19(8-12-21)27(32(28)29)20-9-13-22(14-10-20)31-24-6-2-4-18(26)16-24/h1-16,32H,25-26H2. The number of thiol groups is 1. The smallest absolute Gasteiger partial charge is 0.229 e. The van der Waals surface area contributed by atoms with E-state index in [-0.39, 0.29) is 0 Å². The van der Waals surface area contributed by atoms with Gasteiger partial charge in [0.1, 0.15) is 23.0 Å². The number of rotatable bonds is 7. The van der Waals surface area contributed by atoms with E-state index in [1.54, 1.807) is 97.1 Å². The number of benzene rings is 4. The Bertz CT molecular complexity index is 1190. The fourth-order valence-electron chi connectivity index (χ4n) is 3.08. The summed E-state index contributed by atoms with van der Waals surface area (Å²) in [5.41, 5.74) is 13.7. The molecule has 0 amide bonds. The zero-order chi connectivity index (χ0) is 22.5. The number of nitrogen functional groups attached to an aromatic ring is 2. The van der Waals surface area contributed by atoms with Gasteiger partial charge < -0.3 is 20.9 Å². The molecule has 4 aromatic carbocycles. The molecule has 0 fully saturated rings. The Balaban J connectivity index is 1.51. The normalized spacial score (nSPS) is 10.7. The molecule has 162 valence electrons. The van der Waals surface area contributed by atoms with Crippen LogP contribution in [-0.4, -0.2) is 8.42 Å². The third kappa shape index (κ3) is 5.11. The molecule has 0 spiro atoms. The highest BCUT2D eigenvalue weighted by Crippen LogP contribution is 2.31. The molecule has 0 saturated heterocycles. The van der Waals surface area contributed by atoms with Crippen molar-refractivity contribution in [3.8, 4) is 23.0 Å². The first-order valence-electron chi connectivity index (χ1n) is 9.69. The van der Waals surface area contributed by atoms with Crippen molar-refractivity contribution >= 4 is 33.6 Å². The molecule has 0 unspecified atom stereocenters. The summed E-state index contributed by atoms with van der Waals surface area (Å²) >= 11 is 0. The second-order valence-electron chi connectivity index (χ2n) is 6.89. The van der Waals surface area contributed by atoms with Crippen molar-refractivity contribution in [2.45, 2.75) is 0 Å². The van der Waals surface area contributed by atoms with Gasteiger partial charge in [0.2, 0.25) is 10.9 Å². The number of hydrogen-bond acceptors (Lipinski definition) is 6. The fourth-order valence-corrected chi connectivity index (χ4v) is 3.72. The molecule has 0 aromatic heterocycles. The molecule has 0 saturated carbocycles. The minimum absolute atomic E-state index is 0.477. The summed E-state index contributed by atoms with van der Waals surface area (Å²) in [5, 5.41) is 0. The van der Waals surface area contributed by atoms with E-state index in [9.17, 15) is 8.42 Å². The highest BCUT2D eigenvalue weighted by Gasteiger charge is 2.12. The Morgan fingerprint density at radius 1 is 0.562 bits per heavy atom. The van der Waals surface area contributed by atoms with Crippen LogP contribution in [0.1, 0.15) is 0 Å². The van der Waals surface area contributed by atoms with Crippen LogP contribution in [0, 0.1) is 0 Å².